The molecule has 102 valence electrons. The lowest BCUT2D eigenvalue weighted by molar-refractivity contribution is -0.131. The van der Waals surface area contributed by atoms with Crippen LogP contribution in [0.3, 0.4) is 0 Å². The Balaban J connectivity index is 3.83. The van der Waals surface area contributed by atoms with E-state index in [-0.39, 0.29) is 5.91 Å². The van der Waals surface area contributed by atoms with Crippen LogP contribution in [0.1, 0.15) is 26.7 Å². The Kier molecular flexibility index (Phi) is 9.03. The van der Waals surface area contributed by atoms with Crippen LogP contribution in [0.2, 0.25) is 0 Å². The molecule has 0 bridgehead atoms. The molecule has 5 heteroatoms. The minimum Gasteiger partial charge on any atom is -0.382 e. The number of hydrogen-bond acceptors (Lipinski definition) is 4. The van der Waals surface area contributed by atoms with Gasteiger partial charge in [-0.25, -0.2) is 0 Å². The average molecular weight is 246 g/mol. The Morgan fingerprint density at radius 3 is 2.35 bits per heavy atom. The minimum atomic E-state index is -0.424. The predicted molar refractivity (Wildman–Crippen MR) is 67.8 cm³/mol. The number of rotatable bonds is 10. The summed E-state index contributed by atoms with van der Waals surface area (Å²) in [5.41, 5.74) is 5.27. The lowest BCUT2D eigenvalue weighted by Crippen LogP contribution is -2.46. The third-order valence-corrected chi connectivity index (χ3v) is 3.19. The van der Waals surface area contributed by atoms with Crippen LogP contribution in [0.5, 0.6) is 0 Å². The highest BCUT2D eigenvalue weighted by Gasteiger charge is 2.32. The van der Waals surface area contributed by atoms with Gasteiger partial charge in [-0.15, -0.1) is 0 Å². The van der Waals surface area contributed by atoms with E-state index in [2.05, 4.69) is 5.32 Å². The van der Waals surface area contributed by atoms with Crippen molar-refractivity contribution in [1.82, 2.24) is 5.32 Å². The summed E-state index contributed by atoms with van der Waals surface area (Å²) in [4.78, 5) is 12.0. The summed E-state index contributed by atoms with van der Waals surface area (Å²) in [6.07, 6.45) is 1.52. The number of hydrogen-bond donors (Lipinski definition) is 2. The fourth-order valence-corrected chi connectivity index (χ4v) is 1.62. The van der Waals surface area contributed by atoms with Crippen LogP contribution in [0.15, 0.2) is 0 Å². The molecule has 0 aromatic heterocycles. The molecule has 0 aliphatic heterocycles. The molecule has 3 N–H and O–H groups in total. The molecule has 0 spiro atoms. The summed E-state index contributed by atoms with van der Waals surface area (Å²) in [6, 6.07) is 0. The van der Waals surface area contributed by atoms with E-state index in [0.717, 1.165) is 12.8 Å². The number of carbonyl (C=O) groups excluding carboxylic acids is 1. The van der Waals surface area contributed by atoms with E-state index >= 15 is 0 Å². The zero-order valence-electron chi connectivity index (χ0n) is 11.3. The number of carbonyl (C=O) groups is 1. The van der Waals surface area contributed by atoms with E-state index in [9.17, 15) is 4.79 Å². The standard InChI is InChI=1S/C12H26N2O3/c1-4-12(5-2,10-13)11(15)14-6-7-17-9-8-16-3/h4-10,13H2,1-3H3,(H,14,15). The molecule has 5 nitrogen and oxygen atoms in total. The van der Waals surface area contributed by atoms with Gasteiger partial charge < -0.3 is 20.5 Å². The summed E-state index contributed by atoms with van der Waals surface area (Å²) in [6.45, 7) is 6.51. The van der Waals surface area contributed by atoms with Gasteiger partial charge in [0.05, 0.1) is 25.2 Å². The van der Waals surface area contributed by atoms with Crippen molar-refractivity contribution in [2.45, 2.75) is 26.7 Å². The molecule has 0 atom stereocenters. The second-order valence-electron chi connectivity index (χ2n) is 4.05. The molecule has 17 heavy (non-hydrogen) atoms. The van der Waals surface area contributed by atoms with Gasteiger partial charge in [-0.05, 0) is 12.8 Å². The Labute approximate surface area is 104 Å². The molecular formula is C12H26N2O3. The third-order valence-electron chi connectivity index (χ3n) is 3.19. The van der Waals surface area contributed by atoms with Crippen LogP contribution in [0, 0.1) is 5.41 Å². The second-order valence-corrected chi connectivity index (χ2v) is 4.05. The van der Waals surface area contributed by atoms with E-state index in [1.54, 1.807) is 7.11 Å². The molecular weight excluding hydrogens is 220 g/mol. The zero-order valence-corrected chi connectivity index (χ0v) is 11.3. The van der Waals surface area contributed by atoms with Gasteiger partial charge in [-0.1, -0.05) is 13.8 Å². The quantitative estimate of drug-likeness (QED) is 0.551. The van der Waals surface area contributed by atoms with E-state index in [1.807, 2.05) is 13.8 Å². The van der Waals surface area contributed by atoms with E-state index in [4.69, 9.17) is 15.2 Å². The summed E-state index contributed by atoms with van der Waals surface area (Å²) >= 11 is 0. The lowest BCUT2D eigenvalue weighted by Gasteiger charge is -2.28. The molecule has 0 unspecified atom stereocenters. The maximum atomic E-state index is 12.0. The van der Waals surface area contributed by atoms with Crippen LogP contribution in [0.4, 0.5) is 0 Å². The van der Waals surface area contributed by atoms with Crippen LogP contribution < -0.4 is 11.1 Å². The topological polar surface area (TPSA) is 73.6 Å². The van der Waals surface area contributed by atoms with Crippen LogP contribution in [-0.2, 0) is 14.3 Å². The highest BCUT2D eigenvalue weighted by molar-refractivity contribution is 5.82. The smallest absolute Gasteiger partial charge is 0.227 e. The third kappa shape index (κ3) is 5.48. The Morgan fingerprint density at radius 1 is 1.24 bits per heavy atom. The van der Waals surface area contributed by atoms with Gasteiger partial charge in [0.15, 0.2) is 0 Å². The molecule has 0 rings (SSSR count). The molecule has 0 radical (unpaired) electrons. The summed E-state index contributed by atoms with van der Waals surface area (Å²) < 4.78 is 10.1. The van der Waals surface area contributed by atoms with Crippen LogP contribution in [-0.4, -0.2) is 45.9 Å². The zero-order chi connectivity index (χ0) is 13.1. The van der Waals surface area contributed by atoms with Gasteiger partial charge in [0, 0.05) is 20.2 Å². The summed E-state index contributed by atoms with van der Waals surface area (Å²) in [5.74, 6) is 0.0281. The van der Waals surface area contributed by atoms with Crippen molar-refractivity contribution in [3.8, 4) is 0 Å². The van der Waals surface area contributed by atoms with Crippen molar-refractivity contribution < 1.29 is 14.3 Å². The maximum Gasteiger partial charge on any atom is 0.227 e. The first-order valence-electron chi connectivity index (χ1n) is 6.22. The number of amides is 1. The number of ether oxygens (including phenoxy) is 2. The second kappa shape index (κ2) is 9.39. The largest absolute Gasteiger partial charge is 0.382 e. The summed E-state index contributed by atoms with van der Waals surface area (Å²) in [7, 11) is 1.63. The van der Waals surface area contributed by atoms with Gasteiger partial charge in [0.1, 0.15) is 0 Å². The SMILES string of the molecule is CCC(CC)(CN)C(=O)NCCOCCOC. The van der Waals surface area contributed by atoms with Crippen LogP contribution >= 0.6 is 0 Å². The molecule has 0 saturated heterocycles. The fourth-order valence-electron chi connectivity index (χ4n) is 1.62. The molecule has 0 fully saturated rings. The Bertz CT molecular complexity index is 198. The summed E-state index contributed by atoms with van der Waals surface area (Å²) in [5, 5.41) is 2.87. The van der Waals surface area contributed by atoms with Crippen molar-refractivity contribution in [2.75, 3.05) is 40.0 Å². The van der Waals surface area contributed by atoms with Gasteiger partial charge in [-0.3, -0.25) is 4.79 Å². The van der Waals surface area contributed by atoms with Crippen LogP contribution in [0.25, 0.3) is 0 Å². The first-order valence-corrected chi connectivity index (χ1v) is 6.22. The maximum absolute atomic E-state index is 12.0. The fraction of sp³-hybridized carbons (Fsp3) is 0.917. The number of nitrogens with two attached hydrogens (primary N) is 1. The van der Waals surface area contributed by atoms with Crippen molar-refractivity contribution in [3.05, 3.63) is 0 Å². The first-order chi connectivity index (χ1) is 8.16. The van der Waals surface area contributed by atoms with Crippen molar-refractivity contribution in [2.24, 2.45) is 11.1 Å². The monoisotopic (exact) mass is 246 g/mol. The minimum absolute atomic E-state index is 0.0281. The molecule has 0 aromatic rings. The van der Waals surface area contributed by atoms with Gasteiger partial charge in [0.2, 0.25) is 5.91 Å². The van der Waals surface area contributed by atoms with Crippen molar-refractivity contribution >= 4 is 5.91 Å². The normalized spacial score (nSPS) is 11.5. The highest BCUT2D eigenvalue weighted by Crippen LogP contribution is 2.24. The van der Waals surface area contributed by atoms with E-state index in [0.29, 0.717) is 32.9 Å². The Hall–Kier alpha value is -0.650. The molecule has 0 saturated carbocycles. The van der Waals surface area contributed by atoms with E-state index in [1.165, 1.54) is 0 Å². The van der Waals surface area contributed by atoms with Gasteiger partial charge >= 0.3 is 0 Å². The molecule has 0 aromatic carbocycles. The number of nitrogens with one attached hydrogen (secondary N) is 1. The van der Waals surface area contributed by atoms with E-state index < -0.39 is 5.41 Å². The Morgan fingerprint density at radius 2 is 1.88 bits per heavy atom. The lowest BCUT2D eigenvalue weighted by atomic mass is 9.81. The highest BCUT2D eigenvalue weighted by atomic mass is 16.5. The predicted octanol–water partition coefficient (Wildman–Crippen LogP) is 0.531. The van der Waals surface area contributed by atoms with Gasteiger partial charge in [0.25, 0.3) is 0 Å². The number of methoxy groups -OCH3 is 1. The molecule has 1 amide bonds. The molecule has 0 aliphatic carbocycles. The van der Waals surface area contributed by atoms with Gasteiger partial charge in [-0.2, -0.15) is 0 Å². The molecule has 0 aliphatic rings. The average Bonchev–Trinajstić information content (AvgIpc) is 2.36. The first kappa shape index (κ1) is 16.4. The van der Waals surface area contributed by atoms with Crippen molar-refractivity contribution in [3.63, 3.8) is 0 Å². The molecule has 0 heterocycles. The van der Waals surface area contributed by atoms with Crippen molar-refractivity contribution in [1.29, 1.82) is 0 Å².